The number of alkyl halides is 3. The molecule has 0 aliphatic rings. The predicted molar refractivity (Wildman–Crippen MR) is 71.4 cm³/mol. The summed E-state index contributed by atoms with van der Waals surface area (Å²) in [6.45, 7) is -0.120. The van der Waals surface area contributed by atoms with Crippen molar-refractivity contribution in [3.63, 3.8) is 0 Å². The molecular formula is C15H12F3NO2. The summed E-state index contributed by atoms with van der Waals surface area (Å²) in [4.78, 5) is 11.8. The molecule has 21 heavy (non-hydrogen) atoms. The molecule has 0 saturated carbocycles. The van der Waals surface area contributed by atoms with Crippen LogP contribution in [0.25, 0.3) is 0 Å². The van der Waals surface area contributed by atoms with E-state index < -0.39 is 17.7 Å². The Labute approximate surface area is 119 Å². The zero-order valence-electron chi connectivity index (χ0n) is 10.9. The van der Waals surface area contributed by atoms with Crippen molar-refractivity contribution in [2.24, 2.45) is 0 Å². The number of carbonyl (C=O) groups excluding carboxylic acids is 1. The van der Waals surface area contributed by atoms with Crippen LogP contribution in [0.15, 0.2) is 48.5 Å². The van der Waals surface area contributed by atoms with E-state index in [1.807, 2.05) is 0 Å². The van der Waals surface area contributed by atoms with Crippen molar-refractivity contribution in [1.29, 1.82) is 0 Å². The van der Waals surface area contributed by atoms with Gasteiger partial charge in [0.05, 0.1) is 11.1 Å². The van der Waals surface area contributed by atoms with Gasteiger partial charge in [0.15, 0.2) is 0 Å². The Bertz CT molecular complexity index is 636. The van der Waals surface area contributed by atoms with Gasteiger partial charge in [0.1, 0.15) is 6.61 Å². The molecule has 2 aromatic carbocycles. The molecule has 0 aliphatic carbocycles. The highest BCUT2D eigenvalue weighted by Gasteiger charge is 2.29. The number of ether oxygens (including phenoxy) is 1. The number of benzene rings is 2. The zero-order valence-corrected chi connectivity index (χ0v) is 10.9. The van der Waals surface area contributed by atoms with Crippen molar-refractivity contribution in [2.45, 2.75) is 12.8 Å². The molecule has 0 bridgehead atoms. The molecule has 0 radical (unpaired) electrons. The molecule has 0 saturated heterocycles. The first-order valence-corrected chi connectivity index (χ1v) is 6.05. The Morgan fingerprint density at radius 2 is 1.67 bits per heavy atom. The van der Waals surface area contributed by atoms with E-state index in [1.54, 1.807) is 18.2 Å². The number of nitrogen functional groups attached to an aromatic ring is 1. The van der Waals surface area contributed by atoms with Crippen LogP contribution in [0.4, 0.5) is 18.9 Å². The van der Waals surface area contributed by atoms with Crippen molar-refractivity contribution in [2.75, 3.05) is 5.73 Å². The van der Waals surface area contributed by atoms with Crippen LogP contribution in [0.2, 0.25) is 0 Å². The number of rotatable bonds is 3. The summed E-state index contributed by atoms with van der Waals surface area (Å²) in [7, 11) is 0. The third kappa shape index (κ3) is 3.75. The van der Waals surface area contributed by atoms with Crippen LogP contribution >= 0.6 is 0 Å². The van der Waals surface area contributed by atoms with Gasteiger partial charge in [-0.25, -0.2) is 4.79 Å². The maximum atomic E-state index is 12.4. The summed E-state index contributed by atoms with van der Waals surface area (Å²) in [5.74, 6) is -0.618. The molecule has 0 atom stereocenters. The van der Waals surface area contributed by atoms with Gasteiger partial charge in [0, 0.05) is 5.69 Å². The molecule has 0 unspecified atom stereocenters. The molecule has 0 aromatic heterocycles. The van der Waals surface area contributed by atoms with Crippen molar-refractivity contribution >= 4 is 11.7 Å². The molecule has 2 aromatic rings. The van der Waals surface area contributed by atoms with Crippen molar-refractivity contribution in [3.05, 3.63) is 65.2 Å². The highest BCUT2D eigenvalue weighted by Crippen LogP contribution is 2.29. The van der Waals surface area contributed by atoms with Crippen molar-refractivity contribution in [1.82, 2.24) is 0 Å². The zero-order chi connectivity index (χ0) is 15.5. The van der Waals surface area contributed by atoms with Gasteiger partial charge in [-0.15, -0.1) is 0 Å². The van der Waals surface area contributed by atoms with E-state index in [0.29, 0.717) is 5.56 Å². The molecule has 3 nitrogen and oxygen atoms in total. The third-order valence-electron chi connectivity index (χ3n) is 2.83. The third-order valence-corrected chi connectivity index (χ3v) is 2.83. The minimum absolute atomic E-state index is 0.120. The number of para-hydroxylation sites is 1. The fourth-order valence-electron chi connectivity index (χ4n) is 1.70. The molecule has 0 aliphatic heterocycles. The minimum atomic E-state index is -4.38. The minimum Gasteiger partial charge on any atom is -0.457 e. The second kappa shape index (κ2) is 5.87. The van der Waals surface area contributed by atoms with E-state index in [0.717, 1.165) is 12.1 Å². The maximum absolute atomic E-state index is 12.4. The highest BCUT2D eigenvalue weighted by atomic mass is 19.4. The van der Waals surface area contributed by atoms with E-state index in [-0.39, 0.29) is 17.9 Å². The first kappa shape index (κ1) is 14.9. The predicted octanol–water partition coefficient (Wildman–Crippen LogP) is 3.64. The SMILES string of the molecule is Nc1ccccc1C(=O)OCc1ccc(C(F)(F)F)cc1. The maximum Gasteiger partial charge on any atom is 0.416 e. The number of nitrogens with two attached hydrogens (primary N) is 1. The highest BCUT2D eigenvalue weighted by molar-refractivity contribution is 5.94. The smallest absolute Gasteiger partial charge is 0.416 e. The Morgan fingerprint density at radius 1 is 1.05 bits per heavy atom. The van der Waals surface area contributed by atoms with Gasteiger partial charge in [-0.05, 0) is 29.8 Å². The molecule has 110 valence electrons. The van der Waals surface area contributed by atoms with E-state index >= 15 is 0 Å². The van der Waals surface area contributed by atoms with E-state index in [9.17, 15) is 18.0 Å². The fourth-order valence-corrected chi connectivity index (χ4v) is 1.70. The molecule has 0 fully saturated rings. The van der Waals surface area contributed by atoms with Gasteiger partial charge >= 0.3 is 12.1 Å². The van der Waals surface area contributed by atoms with Crippen LogP contribution in [-0.4, -0.2) is 5.97 Å². The van der Waals surface area contributed by atoms with E-state index in [4.69, 9.17) is 10.5 Å². The van der Waals surface area contributed by atoms with Gasteiger partial charge in [-0.1, -0.05) is 24.3 Å². The topological polar surface area (TPSA) is 52.3 Å². The van der Waals surface area contributed by atoms with Crippen LogP contribution in [0.3, 0.4) is 0 Å². The summed E-state index contributed by atoms with van der Waals surface area (Å²) < 4.78 is 42.2. The van der Waals surface area contributed by atoms with Gasteiger partial charge in [-0.2, -0.15) is 13.2 Å². The van der Waals surface area contributed by atoms with Gasteiger partial charge in [-0.3, -0.25) is 0 Å². The lowest BCUT2D eigenvalue weighted by Crippen LogP contribution is -2.08. The Hall–Kier alpha value is -2.50. The van der Waals surface area contributed by atoms with Gasteiger partial charge in [0.25, 0.3) is 0 Å². The number of halogens is 3. The fraction of sp³-hybridized carbons (Fsp3) is 0.133. The molecule has 0 spiro atoms. The van der Waals surface area contributed by atoms with Crippen LogP contribution in [0, 0.1) is 0 Å². The average Bonchev–Trinajstić information content (AvgIpc) is 2.45. The lowest BCUT2D eigenvalue weighted by atomic mass is 10.1. The molecule has 2 rings (SSSR count). The van der Waals surface area contributed by atoms with Crippen LogP contribution in [0.5, 0.6) is 0 Å². The summed E-state index contributed by atoms with van der Waals surface area (Å²) >= 11 is 0. The van der Waals surface area contributed by atoms with E-state index in [1.165, 1.54) is 18.2 Å². The van der Waals surface area contributed by atoms with Gasteiger partial charge < -0.3 is 10.5 Å². The number of hydrogen-bond acceptors (Lipinski definition) is 3. The molecule has 6 heteroatoms. The number of anilines is 1. The molecular weight excluding hydrogens is 283 g/mol. The van der Waals surface area contributed by atoms with Crippen molar-refractivity contribution < 1.29 is 22.7 Å². The number of esters is 1. The molecule has 0 amide bonds. The van der Waals surface area contributed by atoms with Gasteiger partial charge in [0.2, 0.25) is 0 Å². The standard InChI is InChI=1S/C15H12F3NO2/c16-15(17,18)11-7-5-10(6-8-11)9-21-14(20)12-3-1-2-4-13(12)19/h1-8H,9,19H2. The Balaban J connectivity index is 2.00. The Kier molecular flexibility index (Phi) is 4.16. The number of carbonyl (C=O) groups is 1. The summed E-state index contributed by atoms with van der Waals surface area (Å²) in [6.07, 6.45) is -4.38. The molecule has 2 N–H and O–H groups in total. The lowest BCUT2D eigenvalue weighted by Gasteiger charge is -2.09. The van der Waals surface area contributed by atoms with Crippen LogP contribution in [0.1, 0.15) is 21.5 Å². The molecule has 0 heterocycles. The Morgan fingerprint density at radius 3 is 2.24 bits per heavy atom. The van der Waals surface area contributed by atoms with Crippen LogP contribution < -0.4 is 5.73 Å². The average molecular weight is 295 g/mol. The summed E-state index contributed by atoms with van der Waals surface area (Å²) in [5.41, 5.74) is 5.86. The first-order chi connectivity index (χ1) is 9.88. The summed E-state index contributed by atoms with van der Waals surface area (Å²) in [5, 5.41) is 0. The second-order valence-electron chi connectivity index (χ2n) is 4.36. The largest absolute Gasteiger partial charge is 0.457 e. The lowest BCUT2D eigenvalue weighted by molar-refractivity contribution is -0.137. The quantitative estimate of drug-likeness (QED) is 0.694. The number of hydrogen-bond donors (Lipinski definition) is 1. The van der Waals surface area contributed by atoms with E-state index in [2.05, 4.69) is 0 Å². The monoisotopic (exact) mass is 295 g/mol. The second-order valence-corrected chi connectivity index (χ2v) is 4.36. The first-order valence-electron chi connectivity index (χ1n) is 6.05. The normalized spacial score (nSPS) is 11.2. The summed E-state index contributed by atoms with van der Waals surface area (Å²) in [6, 6.07) is 10.8. The van der Waals surface area contributed by atoms with Crippen LogP contribution in [-0.2, 0) is 17.5 Å². The van der Waals surface area contributed by atoms with Crippen molar-refractivity contribution in [3.8, 4) is 0 Å².